The summed E-state index contributed by atoms with van der Waals surface area (Å²) in [5.41, 5.74) is 5.57. The molecular weight excluding hydrogens is 218 g/mol. The number of amides is 1. The lowest BCUT2D eigenvalue weighted by Gasteiger charge is -2.28. The number of aromatic amines is 1. The summed E-state index contributed by atoms with van der Waals surface area (Å²) in [5, 5.41) is 2.97. The monoisotopic (exact) mass is 235 g/mol. The number of aromatic nitrogens is 1. The standard InChI is InChI=1S/C12H17N3O2/c13-8-12(4-1-2-5-12)15-11(17)9-3-6-14-10(16)7-9/h3,6-7H,1-2,4-5,8,13H2,(H,14,16)(H,15,17). The van der Waals surface area contributed by atoms with Gasteiger partial charge in [0, 0.05) is 24.4 Å². The van der Waals surface area contributed by atoms with E-state index >= 15 is 0 Å². The number of rotatable bonds is 3. The van der Waals surface area contributed by atoms with Crippen LogP contribution in [0.4, 0.5) is 0 Å². The Balaban J connectivity index is 2.13. The first kappa shape index (κ1) is 11.9. The molecule has 4 N–H and O–H groups in total. The van der Waals surface area contributed by atoms with Crippen molar-refractivity contribution in [3.63, 3.8) is 0 Å². The van der Waals surface area contributed by atoms with E-state index in [1.54, 1.807) is 6.07 Å². The summed E-state index contributed by atoms with van der Waals surface area (Å²) in [6.45, 7) is 0.446. The van der Waals surface area contributed by atoms with Crippen LogP contribution in [-0.4, -0.2) is 23.0 Å². The highest BCUT2D eigenvalue weighted by molar-refractivity contribution is 5.94. The predicted octanol–water partition coefficient (Wildman–Crippen LogP) is 0.376. The van der Waals surface area contributed by atoms with Gasteiger partial charge < -0.3 is 16.0 Å². The number of carbonyl (C=O) groups is 1. The minimum atomic E-state index is -0.278. The normalized spacial score (nSPS) is 17.9. The van der Waals surface area contributed by atoms with Crippen molar-refractivity contribution >= 4 is 5.91 Å². The van der Waals surface area contributed by atoms with Crippen LogP contribution in [0, 0.1) is 0 Å². The summed E-state index contributed by atoms with van der Waals surface area (Å²) in [6.07, 6.45) is 5.48. The predicted molar refractivity (Wildman–Crippen MR) is 64.8 cm³/mol. The van der Waals surface area contributed by atoms with Crippen molar-refractivity contribution < 1.29 is 4.79 Å². The van der Waals surface area contributed by atoms with E-state index in [2.05, 4.69) is 10.3 Å². The van der Waals surface area contributed by atoms with Crippen molar-refractivity contribution in [2.24, 2.45) is 5.73 Å². The Labute approximate surface area is 99.4 Å². The average molecular weight is 235 g/mol. The van der Waals surface area contributed by atoms with Gasteiger partial charge in [-0.3, -0.25) is 9.59 Å². The second kappa shape index (κ2) is 4.71. The van der Waals surface area contributed by atoms with Crippen LogP contribution < -0.4 is 16.6 Å². The minimum Gasteiger partial charge on any atom is -0.345 e. The second-order valence-corrected chi connectivity index (χ2v) is 4.59. The van der Waals surface area contributed by atoms with Gasteiger partial charge in [0.15, 0.2) is 0 Å². The van der Waals surface area contributed by atoms with Gasteiger partial charge in [-0.05, 0) is 18.9 Å². The smallest absolute Gasteiger partial charge is 0.252 e. The Hall–Kier alpha value is -1.62. The van der Waals surface area contributed by atoms with Crippen LogP contribution in [0.2, 0.25) is 0 Å². The summed E-state index contributed by atoms with van der Waals surface area (Å²) in [4.78, 5) is 25.6. The number of nitrogens with one attached hydrogen (secondary N) is 2. The van der Waals surface area contributed by atoms with Crippen LogP contribution in [0.3, 0.4) is 0 Å². The Kier molecular flexibility index (Phi) is 3.28. The fraction of sp³-hybridized carbons (Fsp3) is 0.500. The van der Waals surface area contributed by atoms with Crippen LogP contribution >= 0.6 is 0 Å². The molecule has 0 spiro atoms. The zero-order valence-electron chi connectivity index (χ0n) is 9.66. The summed E-state index contributed by atoms with van der Waals surface area (Å²) < 4.78 is 0. The molecule has 1 aromatic heterocycles. The molecule has 92 valence electrons. The van der Waals surface area contributed by atoms with E-state index in [0.717, 1.165) is 25.7 Å². The van der Waals surface area contributed by atoms with E-state index in [9.17, 15) is 9.59 Å². The van der Waals surface area contributed by atoms with E-state index < -0.39 is 0 Å². The van der Waals surface area contributed by atoms with Crippen molar-refractivity contribution in [2.75, 3.05) is 6.54 Å². The van der Waals surface area contributed by atoms with Crippen LogP contribution in [0.1, 0.15) is 36.0 Å². The van der Waals surface area contributed by atoms with E-state index in [4.69, 9.17) is 5.73 Å². The van der Waals surface area contributed by atoms with Crippen LogP contribution in [0.15, 0.2) is 23.1 Å². The van der Waals surface area contributed by atoms with Gasteiger partial charge in [-0.15, -0.1) is 0 Å². The molecule has 2 rings (SSSR count). The third-order valence-corrected chi connectivity index (χ3v) is 3.37. The van der Waals surface area contributed by atoms with E-state index in [1.165, 1.54) is 12.3 Å². The van der Waals surface area contributed by atoms with Crippen LogP contribution in [-0.2, 0) is 0 Å². The molecule has 1 fully saturated rings. The third kappa shape index (κ3) is 2.55. The van der Waals surface area contributed by atoms with Gasteiger partial charge in [0.2, 0.25) is 5.56 Å². The maximum atomic E-state index is 12.0. The van der Waals surface area contributed by atoms with Crippen molar-refractivity contribution in [1.82, 2.24) is 10.3 Å². The molecule has 0 atom stereocenters. The largest absolute Gasteiger partial charge is 0.345 e. The van der Waals surface area contributed by atoms with Gasteiger partial charge in [-0.25, -0.2) is 0 Å². The Morgan fingerprint density at radius 3 is 2.76 bits per heavy atom. The molecular formula is C12H17N3O2. The number of H-pyrrole nitrogens is 1. The molecule has 1 saturated carbocycles. The molecule has 0 aliphatic heterocycles. The fourth-order valence-corrected chi connectivity index (χ4v) is 2.33. The highest BCUT2D eigenvalue weighted by atomic mass is 16.2. The molecule has 17 heavy (non-hydrogen) atoms. The fourth-order valence-electron chi connectivity index (χ4n) is 2.33. The molecule has 1 aromatic rings. The molecule has 0 unspecified atom stereocenters. The van der Waals surface area contributed by atoms with Crippen molar-refractivity contribution in [2.45, 2.75) is 31.2 Å². The lowest BCUT2D eigenvalue weighted by Crippen LogP contribution is -2.51. The maximum Gasteiger partial charge on any atom is 0.252 e. The third-order valence-electron chi connectivity index (χ3n) is 3.37. The zero-order chi connectivity index (χ0) is 12.3. The van der Waals surface area contributed by atoms with Gasteiger partial charge in [0.25, 0.3) is 5.91 Å². The van der Waals surface area contributed by atoms with Crippen molar-refractivity contribution in [3.05, 3.63) is 34.2 Å². The quantitative estimate of drug-likeness (QED) is 0.707. The minimum absolute atomic E-state index is 0.219. The summed E-state index contributed by atoms with van der Waals surface area (Å²) >= 11 is 0. The second-order valence-electron chi connectivity index (χ2n) is 4.59. The van der Waals surface area contributed by atoms with Gasteiger partial charge in [-0.1, -0.05) is 12.8 Å². The van der Waals surface area contributed by atoms with E-state index in [0.29, 0.717) is 12.1 Å². The number of carbonyl (C=O) groups excluding carboxylic acids is 1. The number of pyridine rings is 1. The first-order valence-corrected chi connectivity index (χ1v) is 5.87. The Bertz CT molecular complexity index is 461. The highest BCUT2D eigenvalue weighted by Crippen LogP contribution is 2.28. The zero-order valence-corrected chi connectivity index (χ0v) is 9.66. The number of nitrogens with two attached hydrogens (primary N) is 1. The average Bonchev–Trinajstić information content (AvgIpc) is 2.78. The highest BCUT2D eigenvalue weighted by Gasteiger charge is 2.34. The van der Waals surface area contributed by atoms with Gasteiger partial charge in [0.05, 0.1) is 5.54 Å². The lowest BCUT2D eigenvalue weighted by atomic mass is 9.97. The molecule has 1 amide bonds. The molecule has 0 aromatic carbocycles. The van der Waals surface area contributed by atoms with Gasteiger partial charge in [0.1, 0.15) is 0 Å². The molecule has 1 heterocycles. The van der Waals surface area contributed by atoms with Crippen LogP contribution in [0.25, 0.3) is 0 Å². The summed E-state index contributed by atoms with van der Waals surface area (Å²) in [7, 11) is 0. The van der Waals surface area contributed by atoms with Gasteiger partial charge in [-0.2, -0.15) is 0 Å². The molecule has 1 aliphatic rings. The molecule has 1 aliphatic carbocycles. The first-order chi connectivity index (χ1) is 8.15. The van der Waals surface area contributed by atoms with E-state index in [1.807, 2.05) is 0 Å². The summed E-state index contributed by atoms with van der Waals surface area (Å²) in [5.74, 6) is -0.219. The van der Waals surface area contributed by atoms with Crippen LogP contribution in [0.5, 0.6) is 0 Å². The maximum absolute atomic E-state index is 12.0. The summed E-state index contributed by atoms with van der Waals surface area (Å²) in [6, 6.07) is 2.89. The molecule has 5 heteroatoms. The molecule has 0 bridgehead atoms. The number of hydrogen-bond acceptors (Lipinski definition) is 3. The Morgan fingerprint density at radius 1 is 1.47 bits per heavy atom. The van der Waals surface area contributed by atoms with Gasteiger partial charge >= 0.3 is 0 Å². The van der Waals surface area contributed by atoms with Crippen molar-refractivity contribution in [3.8, 4) is 0 Å². The Morgan fingerprint density at radius 2 is 2.18 bits per heavy atom. The number of hydrogen-bond donors (Lipinski definition) is 3. The lowest BCUT2D eigenvalue weighted by molar-refractivity contribution is 0.0903. The van der Waals surface area contributed by atoms with E-state index in [-0.39, 0.29) is 17.0 Å². The SMILES string of the molecule is NCC1(NC(=O)c2cc[nH]c(=O)c2)CCCC1. The molecule has 0 radical (unpaired) electrons. The van der Waals surface area contributed by atoms with Crippen molar-refractivity contribution in [1.29, 1.82) is 0 Å². The molecule has 0 saturated heterocycles. The molecule has 5 nitrogen and oxygen atoms in total. The first-order valence-electron chi connectivity index (χ1n) is 5.87. The topological polar surface area (TPSA) is 88.0 Å².